The Morgan fingerprint density at radius 1 is 1.06 bits per heavy atom. The predicted molar refractivity (Wildman–Crippen MR) is 123 cm³/mol. The Morgan fingerprint density at radius 3 is 2.38 bits per heavy atom. The number of hydrogen-bond donors (Lipinski definition) is 0. The summed E-state index contributed by atoms with van der Waals surface area (Å²) in [6, 6.07) is 6.92. The monoisotopic (exact) mass is 473 g/mol. The summed E-state index contributed by atoms with van der Waals surface area (Å²) in [5.74, 6) is 1.06. The number of ether oxygens (including phenoxy) is 2. The van der Waals surface area contributed by atoms with Crippen molar-refractivity contribution in [2.24, 2.45) is 0 Å². The van der Waals surface area contributed by atoms with Gasteiger partial charge in [-0.05, 0) is 61.9 Å². The van der Waals surface area contributed by atoms with Gasteiger partial charge >= 0.3 is 6.01 Å². The van der Waals surface area contributed by atoms with E-state index < -0.39 is 9.84 Å². The van der Waals surface area contributed by atoms with Crippen LogP contribution < -0.4 is 9.47 Å². The number of nitrogens with zero attached hydrogens (tertiary/aromatic N) is 3. The van der Waals surface area contributed by atoms with Gasteiger partial charge in [0.05, 0.1) is 15.6 Å². The Labute approximate surface area is 192 Å². The van der Waals surface area contributed by atoms with Crippen LogP contribution in [0.15, 0.2) is 46.9 Å². The second kappa shape index (κ2) is 9.95. The van der Waals surface area contributed by atoms with Gasteiger partial charge in [0, 0.05) is 29.9 Å². The molecular formula is C23H27N3O4S2. The maximum Gasteiger partial charge on any atom is 0.316 e. The van der Waals surface area contributed by atoms with E-state index in [0.717, 1.165) is 48.4 Å². The molecule has 0 saturated heterocycles. The van der Waals surface area contributed by atoms with Crippen molar-refractivity contribution in [3.05, 3.63) is 58.3 Å². The summed E-state index contributed by atoms with van der Waals surface area (Å²) in [7, 11) is -3.20. The molecule has 0 N–H and O–H groups in total. The van der Waals surface area contributed by atoms with E-state index in [9.17, 15) is 8.42 Å². The van der Waals surface area contributed by atoms with E-state index in [-0.39, 0.29) is 11.0 Å². The molecule has 1 saturated carbocycles. The number of rotatable bonds is 8. The molecule has 7 nitrogen and oxygen atoms in total. The van der Waals surface area contributed by atoms with Crippen molar-refractivity contribution in [3.8, 4) is 11.8 Å². The third-order valence-electron chi connectivity index (χ3n) is 5.59. The zero-order valence-corrected chi connectivity index (χ0v) is 19.9. The zero-order chi connectivity index (χ0) is 22.6. The Hall–Kier alpha value is -2.52. The van der Waals surface area contributed by atoms with Crippen molar-refractivity contribution in [2.45, 2.75) is 62.6 Å². The number of aryl methyl sites for hydroxylation is 1. The molecule has 2 aromatic heterocycles. The van der Waals surface area contributed by atoms with E-state index in [1.807, 2.05) is 17.8 Å². The van der Waals surface area contributed by atoms with E-state index >= 15 is 0 Å². The van der Waals surface area contributed by atoms with Crippen LogP contribution in [0.3, 0.4) is 0 Å². The molecule has 4 rings (SSSR count). The van der Waals surface area contributed by atoms with Crippen molar-refractivity contribution >= 4 is 21.2 Å². The molecule has 0 aliphatic heterocycles. The topological polar surface area (TPSA) is 91.3 Å². The highest BCUT2D eigenvalue weighted by Crippen LogP contribution is 2.35. The smallest absolute Gasteiger partial charge is 0.316 e. The Bertz CT molecular complexity index is 1120. The maximum atomic E-state index is 11.5. The first kappa shape index (κ1) is 22.7. The summed E-state index contributed by atoms with van der Waals surface area (Å²) < 4.78 is 34.8. The number of benzene rings is 1. The molecule has 0 unspecified atom stereocenters. The second-order valence-corrected chi connectivity index (χ2v) is 10.9. The Balaban J connectivity index is 1.26. The van der Waals surface area contributed by atoms with Crippen LogP contribution >= 0.6 is 11.3 Å². The molecule has 0 bridgehead atoms. The van der Waals surface area contributed by atoms with E-state index in [0.29, 0.717) is 24.3 Å². The molecule has 3 aromatic rings. The SMILES string of the molecule is CCc1cnc(OC2CCC(c3nc(COc4ccc(S(C)(=O)=O)cc4)cs3)CC2)nc1. The molecular weight excluding hydrogens is 446 g/mol. The fourth-order valence-corrected chi connectivity index (χ4v) is 5.29. The van der Waals surface area contributed by atoms with E-state index in [1.165, 1.54) is 6.26 Å². The molecule has 1 aliphatic carbocycles. The number of aromatic nitrogens is 3. The summed E-state index contributed by atoms with van der Waals surface area (Å²) >= 11 is 1.67. The fourth-order valence-electron chi connectivity index (χ4n) is 3.68. The van der Waals surface area contributed by atoms with Crippen molar-refractivity contribution in [1.29, 1.82) is 0 Å². The molecule has 0 atom stereocenters. The average molecular weight is 474 g/mol. The lowest BCUT2D eigenvalue weighted by molar-refractivity contribution is 0.134. The normalized spacial score (nSPS) is 18.9. The summed E-state index contributed by atoms with van der Waals surface area (Å²) in [5, 5.41) is 3.17. The lowest BCUT2D eigenvalue weighted by Gasteiger charge is -2.27. The lowest BCUT2D eigenvalue weighted by atomic mass is 9.88. The van der Waals surface area contributed by atoms with Gasteiger partial charge < -0.3 is 9.47 Å². The van der Waals surface area contributed by atoms with Crippen molar-refractivity contribution in [3.63, 3.8) is 0 Å². The highest BCUT2D eigenvalue weighted by atomic mass is 32.2. The molecule has 0 amide bonds. The van der Waals surface area contributed by atoms with E-state index in [4.69, 9.17) is 14.5 Å². The quantitative estimate of drug-likeness (QED) is 0.473. The van der Waals surface area contributed by atoms with Gasteiger partial charge in [0.1, 0.15) is 18.5 Å². The first-order chi connectivity index (χ1) is 15.4. The van der Waals surface area contributed by atoms with Gasteiger partial charge in [-0.25, -0.2) is 23.4 Å². The molecule has 32 heavy (non-hydrogen) atoms. The number of sulfone groups is 1. The van der Waals surface area contributed by atoms with Crippen molar-refractivity contribution < 1.29 is 17.9 Å². The summed E-state index contributed by atoms with van der Waals surface area (Å²) in [6.45, 7) is 2.44. The van der Waals surface area contributed by atoms with Crippen LogP contribution in [0.25, 0.3) is 0 Å². The Morgan fingerprint density at radius 2 is 1.75 bits per heavy atom. The summed E-state index contributed by atoms with van der Waals surface area (Å²) in [5.41, 5.74) is 2.00. The molecule has 0 radical (unpaired) electrons. The van der Waals surface area contributed by atoms with Gasteiger partial charge in [-0.2, -0.15) is 0 Å². The largest absolute Gasteiger partial charge is 0.487 e. The third-order valence-corrected chi connectivity index (χ3v) is 7.78. The number of thiazole rings is 1. The minimum Gasteiger partial charge on any atom is -0.487 e. The van der Waals surface area contributed by atoms with Gasteiger partial charge in [0.25, 0.3) is 0 Å². The van der Waals surface area contributed by atoms with Crippen LogP contribution in [0.4, 0.5) is 0 Å². The molecule has 1 aliphatic rings. The second-order valence-electron chi connectivity index (χ2n) is 8.03. The van der Waals surface area contributed by atoms with Gasteiger partial charge in [0.15, 0.2) is 9.84 Å². The molecule has 9 heteroatoms. The van der Waals surface area contributed by atoms with Crippen molar-refractivity contribution in [1.82, 2.24) is 15.0 Å². The van der Waals surface area contributed by atoms with Gasteiger partial charge in [0.2, 0.25) is 0 Å². The zero-order valence-electron chi connectivity index (χ0n) is 18.2. The first-order valence-corrected chi connectivity index (χ1v) is 13.5. The van der Waals surface area contributed by atoms with Crippen molar-refractivity contribution in [2.75, 3.05) is 6.26 Å². The van der Waals surface area contributed by atoms with Gasteiger partial charge in [-0.1, -0.05) is 6.92 Å². The molecule has 170 valence electrons. The lowest BCUT2D eigenvalue weighted by Crippen LogP contribution is -2.24. The average Bonchev–Trinajstić information content (AvgIpc) is 3.27. The molecule has 1 fully saturated rings. The highest BCUT2D eigenvalue weighted by molar-refractivity contribution is 7.90. The van der Waals surface area contributed by atoms with E-state index in [1.54, 1.807) is 35.6 Å². The minimum atomic E-state index is -3.20. The molecule has 1 aromatic carbocycles. The number of hydrogen-bond acceptors (Lipinski definition) is 8. The van der Waals surface area contributed by atoms with Crippen LogP contribution in [-0.4, -0.2) is 35.7 Å². The minimum absolute atomic E-state index is 0.149. The third kappa shape index (κ3) is 5.83. The van der Waals surface area contributed by atoms with Gasteiger partial charge in [-0.3, -0.25) is 0 Å². The standard InChI is InChI=1S/C23H27N3O4S2/c1-3-16-12-24-23(25-13-16)30-20-6-4-17(5-7-20)22-26-18(15-31-22)14-29-19-8-10-21(11-9-19)32(2,27)28/h8-13,15,17,20H,3-7,14H2,1-2H3. The molecule has 2 heterocycles. The molecule has 0 spiro atoms. The maximum absolute atomic E-state index is 11.5. The highest BCUT2D eigenvalue weighted by Gasteiger charge is 2.26. The van der Waals surface area contributed by atoms with Crippen LogP contribution in [0, 0.1) is 0 Å². The summed E-state index contributed by atoms with van der Waals surface area (Å²) in [6.07, 6.45) is 9.88. The Kier molecular flexibility index (Phi) is 7.05. The van der Waals surface area contributed by atoms with Crippen LogP contribution in [0.1, 0.15) is 54.8 Å². The van der Waals surface area contributed by atoms with Crippen LogP contribution in [0.2, 0.25) is 0 Å². The van der Waals surface area contributed by atoms with Crippen LogP contribution in [-0.2, 0) is 22.9 Å². The fraction of sp³-hybridized carbons (Fsp3) is 0.435. The predicted octanol–water partition coefficient (Wildman–Crippen LogP) is 4.58. The van der Waals surface area contributed by atoms with E-state index in [2.05, 4.69) is 16.9 Å². The summed E-state index contributed by atoms with van der Waals surface area (Å²) in [4.78, 5) is 13.6. The van der Waals surface area contributed by atoms with Crippen LogP contribution in [0.5, 0.6) is 11.8 Å². The first-order valence-electron chi connectivity index (χ1n) is 10.8. The van der Waals surface area contributed by atoms with Gasteiger partial charge in [-0.15, -0.1) is 11.3 Å².